The van der Waals surface area contributed by atoms with Crippen LogP contribution in [0.3, 0.4) is 0 Å². The summed E-state index contributed by atoms with van der Waals surface area (Å²) in [5.41, 5.74) is 10.7. The highest BCUT2D eigenvalue weighted by Crippen LogP contribution is 2.38. The smallest absolute Gasteiger partial charge is 0.0494 e. The summed E-state index contributed by atoms with van der Waals surface area (Å²) < 4.78 is 2.29. The van der Waals surface area contributed by atoms with Crippen LogP contribution in [-0.4, -0.2) is 4.57 Å². The molecule has 6 aromatic carbocycles. The number of nitrogens with zero attached hydrogens (tertiary/aromatic N) is 2. The van der Waals surface area contributed by atoms with Gasteiger partial charge in [-0.25, -0.2) is 0 Å². The van der Waals surface area contributed by atoms with Gasteiger partial charge in [0, 0.05) is 45.9 Å². The van der Waals surface area contributed by atoms with Gasteiger partial charge in [0.2, 0.25) is 0 Å². The zero-order chi connectivity index (χ0) is 26.2. The Morgan fingerprint density at radius 3 is 1.72 bits per heavy atom. The van der Waals surface area contributed by atoms with Crippen molar-refractivity contribution in [3.8, 4) is 22.3 Å². The zero-order valence-corrected chi connectivity index (χ0v) is 21.8. The summed E-state index contributed by atoms with van der Waals surface area (Å²) >= 11 is 0. The summed E-state index contributed by atoms with van der Waals surface area (Å²) in [5, 5.41) is 2.59. The molecule has 7 aromatic rings. The average Bonchev–Trinajstić information content (AvgIpc) is 3.30. The summed E-state index contributed by atoms with van der Waals surface area (Å²) in [6, 6.07) is 54.2. The molecule has 1 aromatic heterocycles. The minimum absolute atomic E-state index is 1.13. The lowest BCUT2D eigenvalue weighted by Gasteiger charge is -2.26. The first-order valence-electron chi connectivity index (χ1n) is 13.3. The van der Waals surface area contributed by atoms with E-state index in [1.807, 2.05) is 0 Å². The van der Waals surface area contributed by atoms with Gasteiger partial charge in [-0.2, -0.15) is 0 Å². The highest BCUT2D eigenvalue weighted by atomic mass is 15.1. The maximum atomic E-state index is 2.32. The fraction of sp³-hybridized carbons (Fsp3) is 0.0270. The van der Waals surface area contributed by atoms with Crippen LogP contribution in [0.4, 0.5) is 17.1 Å². The van der Waals surface area contributed by atoms with Crippen LogP contribution < -0.4 is 4.90 Å². The first-order chi connectivity index (χ1) is 19.3. The van der Waals surface area contributed by atoms with E-state index in [9.17, 15) is 0 Å². The molecular formula is C37H28N2. The summed E-state index contributed by atoms with van der Waals surface area (Å²) in [7, 11) is 2.15. The Kier molecular flexibility index (Phi) is 5.71. The second-order valence-corrected chi connectivity index (χ2v) is 9.94. The highest BCUT2D eigenvalue weighted by molar-refractivity contribution is 6.09. The second-order valence-electron chi connectivity index (χ2n) is 9.94. The minimum Gasteiger partial charge on any atom is -0.344 e. The van der Waals surface area contributed by atoms with E-state index in [2.05, 4.69) is 168 Å². The molecule has 0 bridgehead atoms. The van der Waals surface area contributed by atoms with E-state index in [0.29, 0.717) is 0 Å². The lowest BCUT2D eigenvalue weighted by atomic mass is 10.0. The van der Waals surface area contributed by atoms with Crippen LogP contribution in [0, 0.1) is 0 Å². The van der Waals surface area contributed by atoms with Crippen LogP contribution in [0.2, 0.25) is 0 Å². The van der Waals surface area contributed by atoms with Gasteiger partial charge in [0.1, 0.15) is 0 Å². The lowest BCUT2D eigenvalue weighted by Crippen LogP contribution is -2.09. The number of para-hydroxylation sites is 2. The Morgan fingerprint density at radius 2 is 0.923 bits per heavy atom. The third kappa shape index (κ3) is 4.17. The molecule has 0 radical (unpaired) electrons. The van der Waals surface area contributed by atoms with Gasteiger partial charge in [-0.1, -0.05) is 103 Å². The molecule has 0 N–H and O–H groups in total. The fourth-order valence-corrected chi connectivity index (χ4v) is 5.62. The predicted octanol–water partition coefficient (Wildman–Crippen LogP) is 10.1. The number of aromatic nitrogens is 1. The van der Waals surface area contributed by atoms with Crippen molar-refractivity contribution in [3.05, 3.63) is 152 Å². The number of anilines is 3. The highest BCUT2D eigenvalue weighted by Gasteiger charge is 2.14. The van der Waals surface area contributed by atoms with E-state index in [1.165, 1.54) is 44.1 Å². The van der Waals surface area contributed by atoms with E-state index in [-0.39, 0.29) is 0 Å². The molecular weight excluding hydrogens is 472 g/mol. The van der Waals surface area contributed by atoms with Gasteiger partial charge >= 0.3 is 0 Å². The number of fused-ring (bicyclic) bond motifs is 3. The van der Waals surface area contributed by atoms with Crippen molar-refractivity contribution in [2.75, 3.05) is 4.90 Å². The number of aryl methyl sites for hydroxylation is 1. The third-order valence-corrected chi connectivity index (χ3v) is 7.60. The molecule has 186 valence electrons. The molecule has 0 aliphatic carbocycles. The van der Waals surface area contributed by atoms with Gasteiger partial charge in [0.25, 0.3) is 0 Å². The van der Waals surface area contributed by atoms with E-state index in [1.54, 1.807) is 0 Å². The van der Waals surface area contributed by atoms with Gasteiger partial charge in [-0.05, 0) is 70.8 Å². The summed E-state index contributed by atoms with van der Waals surface area (Å²) in [4.78, 5) is 2.32. The van der Waals surface area contributed by atoms with Crippen molar-refractivity contribution >= 4 is 38.9 Å². The van der Waals surface area contributed by atoms with Gasteiger partial charge in [-0.3, -0.25) is 0 Å². The van der Waals surface area contributed by atoms with Crippen LogP contribution in [0.1, 0.15) is 0 Å². The molecule has 2 heteroatoms. The van der Waals surface area contributed by atoms with Crippen molar-refractivity contribution in [1.82, 2.24) is 4.57 Å². The topological polar surface area (TPSA) is 8.17 Å². The monoisotopic (exact) mass is 500 g/mol. The Labute approximate surface area is 229 Å². The SMILES string of the molecule is Cn1c2ccccc2c2ccc(-c3ccc(N(c4ccccc4)c4cccc(-c5ccccc5)c4)cc3)cc21. The van der Waals surface area contributed by atoms with E-state index >= 15 is 0 Å². The van der Waals surface area contributed by atoms with Crippen molar-refractivity contribution in [1.29, 1.82) is 0 Å². The molecule has 0 saturated carbocycles. The molecule has 1 heterocycles. The summed E-state index contributed by atoms with van der Waals surface area (Å²) in [5.74, 6) is 0. The molecule has 7 rings (SSSR count). The molecule has 0 saturated heterocycles. The van der Waals surface area contributed by atoms with Crippen LogP contribution in [0.15, 0.2) is 152 Å². The maximum Gasteiger partial charge on any atom is 0.0494 e. The second kappa shape index (κ2) is 9.66. The molecule has 0 amide bonds. The van der Waals surface area contributed by atoms with E-state index in [0.717, 1.165) is 17.1 Å². The maximum absolute atomic E-state index is 2.32. The van der Waals surface area contributed by atoms with Crippen LogP contribution in [0.5, 0.6) is 0 Å². The predicted molar refractivity (Wildman–Crippen MR) is 166 cm³/mol. The van der Waals surface area contributed by atoms with Gasteiger partial charge in [0.05, 0.1) is 0 Å². The van der Waals surface area contributed by atoms with Crippen molar-refractivity contribution in [2.24, 2.45) is 7.05 Å². The Bertz CT molecular complexity index is 1900. The zero-order valence-electron chi connectivity index (χ0n) is 21.8. The van der Waals surface area contributed by atoms with E-state index in [4.69, 9.17) is 0 Å². The minimum atomic E-state index is 1.13. The number of benzene rings is 6. The largest absolute Gasteiger partial charge is 0.344 e. The molecule has 0 atom stereocenters. The van der Waals surface area contributed by atoms with Crippen LogP contribution in [-0.2, 0) is 7.05 Å². The van der Waals surface area contributed by atoms with Crippen molar-refractivity contribution in [3.63, 3.8) is 0 Å². The van der Waals surface area contributed by atoms with E-state index < -0.39 is 0 Å². The Morgan fingerprint density at radius 1 is 0.385 bits per heavy atom. The molecule has 0 aliphatic heterocycles. The first-order valence-corrected chi connectivity index (χ1v) is 13.3. The van der Waals surface area contributed by atoms with Gasteiger partial charge in [0.15, 0.2) is 0 Å². The van der Waals surface area contributed by atoms with Crippen molar-refractivity contribution in [2.45, 2.75) is 0 Å². The molecule has 39 heavy (non-hydrogen) atoms. The molecule has 0 fully saturated rings. The molecule has 2 nitrogen and oxygen atoms in total. The summed E-state index contributed by atoms with van der Waals surface area (Å²) in [6.07, 6.45) is 0. The number of rotatable bonds is 5. The third-order valence-electron chi connectivity index (χ3n) is 7.60. The van der Waals surface area contributed by atoms with Crippen LogP contribution in [0.25, 0.3) is 44.1 Å². The Balaban J connectivity index is 1.29. The van der Waals surface area contributed by atoms with Crippen LogP contribution >= 0.6 is 0 Å². The molecule has 0 unspecified atom stereocenters. The first kappa shape index (κ1) is 23.1. The quantitative estimate of drug-likeness (QED) is 0.228. The van der Waals surface area contributed by atoms with Gasteiger partial charge in [-0.15, -0.1) is 0 Å². The van der Waals surface area contributed by atoms with Crippen molar-refractivity contribution < 1.29 is 0 Å². The number of hydrogen-bond acceptors (Lipinski definition) is 1. The normalized spacial score (nSPS) is 11.2. The lowest BCUT2D eigenvalue weighted by molar-refractivity contribution is 1.01. The summed E-state index contributed by atoms with van der Waals surface area (Å²) in [6.45, 7) is 0. The standard InChI is InChI=1S/C37H28N2/c1-38-36-18-9-8-17-34(36)35-24-21-30(26-37(35)38)28-19-22-32(23-20-28)39(31-14-6-3-7-15-31)33-16-10-13-29(25-33)27-11-4-2-5-12-27/h2-26H,1H3. The average molecular weight is 501 g/mol. The fourth-order valence-electron chi connectivity index (χ4n) is 5.62. The van der Waals surface area contributed by atoms with Gasteiger partial charge < -0.3 is 9.47 Å². The number of hydrogen-bond donors (Lipinski definition) is 0. The molecule has 0 spiro atoms. The molecule has 0 aliphatic rings. The Hall–Kier alpha value is -5.08.